The lowest BCUT2D eigenvalue weighted by atomic mass is 10.1. The van der Waals surface area contributed by atoms with Gasteiger partial charge in [0.25, 0.3) is 0 Å². The third-order valence-electron chi connectivity index (χ3n) is 5.63. The van der Waals surface area contributed by atoms with Gasteiger partial charge in [0.05, 0.1) is 30.0 Å². The summed E-state index contributed by atoms with van der Waals surface area (Å²) in [5.74, 6) is 2.82. The standard InChI is InChI=1S/C27H33IN4O3/c1-5-6-16-32(27-25(28)19(2)30-26(31-27)21-10-8-7-9-11-21)18-24(33)29-15-14-20-12-13-22(34-3)23(17-20)35-4/h7-13,17H,5-6,14-16,18H2,1-4H3,(H,29,33). The number of rotatable bonds is 12. The summed E-state index contributed by atoms with van der Waals surface area (Å²) in [7, 11) is 3.24. The van der Waals surface area contributed by atoms with Crippen LogP contribution in [0.25, 0.3) is 11.4 Å². The van der Waals surface area contributed by atoms with E-state index in [-0.39, 0.29) is 12.5 Å². The smallest absolute Gasteiger partial charge is 0.239 e. The average Bonchev–Trinajstić information content (AvgIpc) is 2.88. The van der Waals surface area contributed by atoms with Crippen LogP contribution in [0.2, 0.25) is 0 Å². The normalized spacial score (nSPS) is 10.7. The summed E-state index contributed by atoms with van der Waals surface area (Å²) in [6, 6.07) is 15.7. The monoisotopic (exact) mass is 588 g/mol. The number of nitrogens with one attached hydrogen (secondary N) is 1. The predicted molar refractivity (Wildman–Crippen MR) is 148 cm³/mol. The van der Waals surface area contributed by atoms with Crippen molar-refractivity contribution in [2.24, 2.45) is 0 Å². The van der Waals surface area contributed by atoms with Gasteiger partial charge in [0.15, 0.2) is 17.3 Å². The van der Waals surface area contributed by atoms with Crippen LogP contribution >= 0.6 is 22.6 Å². The molecule has 7 nitrogen and oxygen atoms in total. The maximum Gasteiger partial charge on any atom is 0.239 e. The Kier molecular flexibility index (Phi) is 10.1. The summed E-state index contributed by atoms with van der Waals surface area (Å²) >= 11 is 2.28. The van der Waals surface area contributed by atoms with E-state index in [1.807, 2.05) is 55.5 Å². The zero-order valence-corrected chi connectivity index (χ0v) is 23.0. The highest BCUT2D eigenvalue weighted by atomic mass is 127. The van der Waals surface area contributed by atoms with Crippen LogP contribution in [0.15, 0.2) is 48.5 Å². The third kappa shape index (κ3) is 7.30. The molecule has 1 amide bonds. The number of aryl methyl sites for hydroxylation is 1. The fraction of sp³-hybridized carbons (Fsp3) is 0.370. The lowest BCUT2D eigenvalue weighted by molar-refractivity contribution is -0.119. The van der Waals surface area contributed by atoms with Gasteiger partial charge in [-0.15, -0.1) is 0 Å². The number of hydrogen-bond donors (Lipinski definition) is 1. The highest BCUT2D eigenvalue weighted by Crippen LogP contribution is 2.28. The Morgan fingerprint density at radius 3 is 2.49 bits per heavy atom. The predicted octanol–water partition coefficient (Wildman–Crippen LogP) is 5.04. The summed E-state index contributed by atoms with van der Waals surface area (Å²) in [5, 5.41) is 3.06. The second-order valence-corrected chi connectivity index (χ2v) is 9.28. The third-order valence-corrected chi connectivity index (χ3v) is 6.89. The van der Waals surface area contributed by atoms with Gasteiger partial charge in [-0.1, -0.05) is 49.7 Å². The van der Waals surface area contributed by atoms with Gasteiger partial charge in [0.1, 0.15) is 5.82 Å². The van der Waals surface area contributed by atoms with Crippen LogP contribution in [0, 0.1) is 10.5 Å². The molecule has 0 aliphatic heterocycles. The molecule has 0 atom stereocenters. The van der Waals surface area contributed by atoms with Crippen molar-refractivity contribution >= 4 is 34.3 Å². The first-order chi connectivity index (χ1) is 17.0. The molecule has 0 unspecified atom stereocenters. The number of methoxy groups -OCH3 is 2. The van der Waals surface area contributed by atoms with E-state index in [9.17, 15) is 4.79 Å². The molecule has 3 rings (SSSR count). The molecule has 0 saturated heterocycles. The van der Waals surface area contributed by atoms with E-state index in [4.69, 9.17) is 19.4 Å². The van der Waals surface area contributed by atoms with Crippen LogP contribution in [-0.2, 0) is 11.2 Å². The summed E-state index contributed by atoms with van der Waals surface area (Å²) in [6.45, 7) is 5.66. The Labute approximate surface area is 221 Å². The fourth-order valence-corrected chi connectivity index (χ4v) is 4.27. The maximum atomic E-state index is 12.9. The Bertz CT molecular complexity index is 1120. The van der Waals surface area contributed by atoms with Crippen LogP contribution in [0.5, 0.6) is 11.5 Å². The summed E-state index contributed by atoms with van der Waals surface area (Å²) in [6.07, 6.45) is 2.70. The molecule has 0 saturated carbocycles. The molecular formula is C27H33IN4O3. The van der Waals surface area contributed by atoms with Gasteiger partial charge in [-0.25, -0.2) is 9.97 Å². The van der Waals surface area contributed by atoms with Gasteiger partial charge in [0.2, 0.25) is 5.91 Å². The maximum absolute atomic E-state index is 12.9. The van der Waals surface area contributed by atoms with Crippen molar-refractivity contribution in [1.82, 2.24) is 15.3 Å². The first-order valence-electron chi connectivity index (χ1n) is 11.8. The van der Waals surface area contributed by atoms with Crippen molar-refractivity contribution in [3.8, 4) is 22.9 Å². The largest absolute Gasteiger partial charge is 0.493 e. The molecular weight excluding hydrogens is 555 g/mol. The van der Waals surface area contributed by atoms with Crippen molar-refractivity contribution in [3.05, 3.63) is 63.4 Å². The van der Waals surface area contributed by atoms with Crippen molar-refractivity contribution in [3.63, 3.8) is 0 Å². The number of hydrogen-bond acceptors (Lipinski definition) is 6. The number of nitrogens with zero attached hydrogens (tertiary/aromatic N) is 3. The lowest BCUT2D eigenvalue weighted by Crippen LogP contribution is -2.39. The van der Waals surface area contributed by atoms with E-state index in [0.717, 1.165) is 45.6 Å². The second-order valence-electron chi connectivity index (χ2n) is 8.20. The zero-order chi connectivity index (χ0) is 25.2. The van der Waals surface area contributed by atoms with Gasteiger partial charge in [-0.3, -0.25) is 4.79 Å². The molecule has 0 spiro atoms. The van der Waals surface area contributed by atoms with Crippen molar-refractivity contribution < 1.29 is 14.3 Å². The van der Waals surface area contributed by atoms with Gasteiger partial charge in [-0.05, 0) is 60.1 Å². The number of anilines is 1. The van der Waals surface area contributed by atoms with Crippen LogP contribution in [0.3, 0.4) is 0 Å². The second kappa shape index (κ2) is 13.3. The first kappa shape index (κ1) is 26.7. The highest BCUT2D eigenvalue weighted by molar-refractivity contribution is 14.1. The van der Waals surface area contributed by atoms with E-state index in [1.165, 1.54) is 0 Å². The number of aromatic nitrogens is 2. The van der Waals surface area contributed by atoms with E-state index in [0.29, 0.717) is 30.3 Å². The van der Waals surface area contributed by atoms with Crippen LogP contribution in [0.4, 0.5) is 5.82 Å². The van der Waals surface area contributed by atoms with Gasteiger partial charge < -0.3 is 19.7 Å². The minimum Gasteiger partial charge on any atom is -0.493 e. The van der Waals surface area contributed by atoms with Crippen LogP contribution < -0.4 is 19.7 Å². The van der Waals surface area contributed by atoms with E-state index >= 15 is 0 Å². The molecule has 2 aromatic carbocycles. The Morgan fingerprint density at radius 2 is 1.80 bits per heavy atom. The van der Waals surface area contributed by atoms with E-state index in [2.05, 4.69) is 39.7 Å². The summed E-state index contributed by atoms with van der Waals surface area (Å²) < 4.78 is 11.6. The van der Waals surface area contributed by atoms with Gasteiger partial charge in [-0.2, -0.15) is 0 Å². The minimum absolute atomic E-state index is 0.0325. The molecule has 1 N–H and O–H groups in total. The minimum atomic E-state index is -0.0325. The topological polar surface area (TPSA) is 76.6 Å². The zero-order valence-electron chi connectivity index (χ0n) is 20.8. The quantitative estimate of drug-likeness (QED) is 0.299. The molecule has 1 aromatic heterocycles. The molecule has 0 aliphatic rings. The van der Waals surface area contributed by atoms with Crippen LogP contribution in [0.1, 0.15) is 31.0 Å². The molecule has 35 heavy (non-hydrogen) atoms. The van der Waals surface area contributed by atoms with Gasteiger partial charge in [0, 0.05) is 18.7 Å². The number of carbonyl (C=O) groups is 1. The number of ether oxygens (including phenoxy) is 2. The number of unbranched alkanes of at least 4 members (excludes halogenated alkanes) is 1. The summed E-state index contributed by atoms with van der Waals surface area (Å²) in [4.78, 5) is 24.5. The molecule has 186 valence electrons. The van der Waals surface area contributed by atoms with E-state index < -0.39 is 0 Å². The lowest BCUT2D eigenvalue weighted by Gasteiger charge is -2.25. The Morgan fingerprint density at radius 1 is 1.06 bits per heavy atom. The molecule has 3 aromatic rings. The fourth-order valence-electron chi connectivity index (χ4n) is 3.69. The number of amides is 1. The molecule has 0 bridgehead atoms. The van der Waals surface area contributed by atoms with E-state index in [1.54, 1.807) is 14.2 Å². The molecule has 0 radical (unpaired) electrons. The number of halogens is 1. The molecule has 0 aliphatic carbocycles. The van der Waals surface area contributed by atoms with Crippen molar-refractivity contribution in [1.29, 1.82) is 0 Å². The number of benzene rings is 2. The number of carbonyl (C=O) groups excluding carboxylic acids is 1. The van der Waals surface area contributed by atoms with Gasteiger partial charge >= 0.3 is 0 Å². The highest BCUT2D eigenvalue weighted by Gasteiger charge is 2.19. The summed E-state index contributed by atoms with van der Waals surface area (Å²) in [5.41, 5.74) is 2.94. The van der Waals surface area contributed by atoms with Crippen molar-refractivity contribution in [2.75, 3.05) is 38.8 Å². The van der Waals surface area contributed by atoms with Crippen LogP contribution in [-0.4, -0.2) is 49.7 Å². The van der Waals surface area contributed by atoms with Crippen molar-refractivity contribution in [2.45, 2.75) is 33.1 Å². The molecule has 8 heteroatoms. The average molecular weight is 588 g/mol. The molecule has 0 fully saturated rings. The molecule has 1 heterocycles. The first-order valence-corrected chi connectivity index (χ1v) is 12.9. The Balaban J connectivity index is 1.71. The SMILES string of the molecule is CCCCN(CC(=O)NCCc1ccc(OC)c(OC)c1)c1nc(-c2ccccc2)nc(C)c1I. The Hall–Kier alpha value is -2.88.